The van der Waals surface area contributed by atoms with E-state index in [-0.39, 0.29) is 5.75 Å². The van der Waals surface area contributed by atoms with Crippen molar-refractivity contribution in [2.24, 2.45) is 5.73 Å². The smallest absolute Gasteiger partial charge is 0.117 e. The molecule has 0 bridgehead atoms. The third-order valence-electron chi connectivity index (χ3n) is 3.19. The average Bonchev–Trinajstić information content (AvgIpc) is 2.46. The monoisotopic (exact) mass is 288 g/mol. The zero-order valence-corrected chi connectivity index (χ0v) is 12.7. The fraction of sp³-hybridized carbons (Fsp3) is 0.250. The predicted octanol–water partition coefficient (Wildman–Crippen LogP) is 3.73. The molecule has 0 aliphatic heterocycles. The molecule has 20 heavy (non-hydrogen) atoms. The van der Waals surface area contributed by atoms with Crippen LogP contribution in [0.25, 0.3) is 0 Å². The Morgan fingerprint density at radius 3 is 2.60 bits per heavy atom. The van der Waals surface area contributed by atoms with Crippen molar-refractivity contribution in [2.45, 2.75) is 18.4 Å². The highest BCUT2D eigenvalue weighted by molar-refractivity contribution is 7.99. The van der Waals surface area contributed by atoms with Gasteiger partial charge in [-0.2, -0.15) is 0 Å². The molecule has 3 nitrogen and oxygen atoms in total. The number of nitrogens with two attached hydrogens (primary N) is 1. The molecule has 106 valence electrons. The number of aromatic hydroxyl groups is 1. The summed E-state index contributed by atoms with van der Waals surface area (Å²) >= 11 is 1.80. The molecule has 0 aliphatic carbocycles. The van der Waals surface area contributed by atoms with Gasteiger partial charge in [0.2, 0.25) is 0 Å². The number of hydrogen-bond acceptors (Lipinski definition) is 4. The second-order valence-corrected chi connectivity index (χ2v) is 5.78. The first-order chi connectivity index (χ1) is 9.67. The molecule has 0 atom stereocenters. The Hall–Kier alpha value is -1.65. The summed E-state index contributed by atoms with van der Waals surface area (Å²) in [4.78, 5) is 3.28. The zero-order chi connectivity index (χ0) is 14.5. The predicted molar refractivity (Wildman–Crippen MR) is 86.9 cm³/mol. The van der Waals surface area contributed by atoms with Crippen molar-refractivity contribution < 1.29 is 5.11 Å². The summed E-state index contributed by atoms with van der Waals surface area (Å²) < 4.78 is 0. The number of benzene rings is 2. The van der Waals surface area contributed by atoms with Gasteiger partial charge in [0.05, 0.1) is 0 Å². The third-order valence-corrected chi connectivity index (χ3v) is 4.17. The lowest BCUT2D eigenvalue weighted by molar-refractivity contribution is 0.475. The fourth-order valence-corrected chi connectivity index (χ4v) is 3.05. The summed E-state index contributed by atoms with van der Waals surface area (Å²) in [7, 11) is 1.99. The molecule has 2 rings (SSSR count). The summed E-state index contributed by atoms with van der Waals surface area (Å²) in [6.07, 6.45) is 0. The lowest BCUT2D eigenvalue weighted by atomic mass is 10.1. The van der Waals surface area contributed by atoms with Gasteiger partial charge in [-0.3, -0.25) is 0 Å². The molecule has 0 unspecified atom stereocenters. The van der Waals surface area contributed by atoms with E-state index in [0.29, 0.717) is 6.54 Å². The van der Waals surface area contributed by atoms with E-state index in [1.807, 2.05) is 25.2 Å². The van der Waals surface area contributed by atoms with Crippen LogP contribution in [0.2, 0.25) is 0 Å². The van der Waals surface area contributed by atoms with E-state index >= 15 is 0 Å². The van der Waals surface area contributed by atoms with Crippen LogP contribution in [0.4, 0.5) is 11.4 Å². The van der Waals surface area contributed by atoms with Crippen LogP contribution in [-0.4, -0.2) is 17.9 Å². The second-order valence-electron chi connectivity index (χ2n) is 4.47. The van der Waals surface area contributed by atoms with E-state index in [1.54, 1.807) is 23.9 Å². The molecule has 0 aromatic heterocycles. The Morgan fingerprint density at radius 1 is 1.20 bits per heavy atom. The van der Waals surface area contributed by atoms with Crippen LogP contribution in [0.1, 0.15) is 12.5 Å². The molecular weight excluding hydrogens is 268 g/mol. The van der Waals surface area contributed by atoms with Gasteiger partial charge < -0.3 is 15.7 Å². The van der Waals surface area contributed by atoms with Crippen LogP contribution in [0.5, 0.6) is 5.75 Å². The highest BCUT2D eigenvalue weighted by atomic mass is 32.2. The molecule has 0 radical (unpaired) electrons. The van der Waals surface area contributed by atoms with Crippen molar-refractivity contribution >= 4 is 23.1 Å². The van der Waals surface area contributed by atoms with Crippen LogP contribution in [0, 0.1) is 0 Å². The summed E-state index contributed by atoms with van der Waals surface area (Å²) in [5.74, 6) is 1.29. The summed E-state index contributed by atoms with van der Waals surface area (Å²) in [5.41, 5.74) is 9.10. The summed E-state index contributed by atoms with van der Waals surface area (Å²) in [6, 6.07) is 13.5. The van der Waals surface area contributed by atoms with Gasteiger partial charge in [-0.05, 0) is 30.0 Å². The van der Waals surface area contributed by atoms with Crippen LogP contribution < -0.4 is 10.6 Å². The van der Waals surface area contributed by atoms with E-state index < -0.39 is 0 Å². The molecule has 3 N–H and O–H groups in total. The maximum Gasteiger partial charge on any atom is 0.117 e. The number of hydrogen-bond donors (Lipinski definition) is 2. The van der Waals surface area contributed by atoms with Crippen molar-refractivity contribution in [3.8, 4) is 5.75 Å². The lowest BCUT2D eigenvalue weighted by Gasteiger charge is -2.24. The Bertz CT molecular complexity index is 586. The van der Waals surface area contributed by atoms with Gasteiger partial charge in [-0.1, -0.05) is 19.1 Å². The van der Waals surface area contributed by atoms with Gasteiger partial charge in [0.1, 0.15) is 5.75 Å². The van der Waals surface area contributed by atoms with Gasteiger partial charge in [0.25, 0.3) is 0 Å². The largest absolute Gasteiger partial charge is 0.508 e. The quantitative estimate of drug-likeness (QED) is 0.823. The molecule has 0 heterocycles. The first-order valence-corrected chi connectivity index (χ1v) is 7.63. The van der Waals surface area contributed by atoms with Gasteiger partial charge >= 0.3 is 0 Å². The molecule has 0 saturated carbocycles. The minimum Gasteiger partial charge on any atom is -0.508 e. The molecular formula is C16H20N2OS. The maximum atomic E-state index is 9.62. The van der Waals surface area contributed by atoms with Gasteiger partial charge in [-0.15, -0.1) is 11.8 Å². The minimum absolute atomic E-state index is 0.266. The van der Waals surface area contributed by atoms with Crippen molar-refractivity contribution in [2.75, 3.05) is 17.7 Å². The fourth-order valence-electron chi connectivity index (χ4n) is 2.20. The molecule has 2 aromatic carbocycles. The van der Waals surface area contributed by atoms with Gasteiger partial charge in [0, 0.05) is 41.5 Å². The Morgan fingerprint density at radius 2 is 1.95 bits per heavy atom. The normalized spacial score (nSPS) is 10.6. The number of anilines is 2. The van der Waals surface area contributed by atoms with Crippen molar-refractivity contribution in [1.82, 2.24) is 0 Å². The molecule has 0 amide bonds. The Labute approximate surface area is 124 Å². The Kier molecular flexibility index (Phi) is 4.93. The molecule has 0 aliphatic rings. The third kappa shape index (κ3) is 3.08. The second kappa shape index (κ2) is 6.68. The molecule has 2 aromatic rings. The van der Waals surface area contributed by atoms with Gasteiger partial charge in [0.15, 0.2) is 0 Å². The average molecular weight is 288 g/mol. The summed E-state index contributed by atoms with van der Waals surface area (Å²) in [6.45, 7) is 2.64. The van der Waals surface area contributed by atoms with Crippen molar-refractivity contribution in [3.05, 3.63) is 48.0 Å². The number of phenols is 1. The van der Waals surface area contributed by atoms with E-state index in [1.165, 1.54) is 4.90 Å². The van der Waals surface area contributed by atoms with E-state index in [0.717, 1.165) is 22.7 Å². The highest BCUT2D eigenvalue weighted by Crippen LogP contribution is 2.34. The van der Waals surface area contributed by atoms with Crippen LogP contribution in [-0.2, 0) is 6.54 Å². The lowest BCUT2D eigenvalue weighted by Crippen LogP contribution is -2.14. The van der Waals surface area contributed by atoms with E-state index in [4.69, 9.17) is 5.73 Å². The SMILES string of the molecule is CCSc1cccc(N(C)c2cccc(O)c2)c1CN. The number of nitrogens with zero attached hydrogens (tertiary/aromatic N) is 1. The number of rotatable bonds is 5. The molecule has 0 saturated heterocycles. The zero-order valence-electron chi connectivity index (χ0n) is 11.8. The molecule has 0 fully saturated rings. The first kappa shape index (κ1) is 14.8. The summed E-state index contributed by atoms with van der Waals surface area (Å²) in [5, 5.41) is 9.62. The number of thioether (sulfide) groups is 1. The maximum absolute atomic E-state index is 9.62. The van der Waals surface area contributed by atoms with Gasteiger partial charge in [-0.25, -0.2) is 0 Å². The highest BCUT2D eigenvalue weighted by Gasteiger charge is 2.12. The topological polar surface area (TPSA) is 49.5 Å². The Balaban J connectivity index is 2.43. The van der Waals surface area contributed by atoms with Crippen LogP contribution in [0.3, 0.4) is 0 Å². The van der Waals surface area contributed by atoms with Crippen LogP contribution in [0.15, 0.2) is 47.4 Å². The van der Waals surface area contributed by atoms with E-state index in [9.17, 15) is 5.11 Å². The van der Waals surface area contributed by atoms with Crippen molar-refractivity contribution in [3.63, 3.8) is 0 Å². The number of phenolic OH excluding ortho intramolecular Hbond substituents is 1. The standard InChI is InChI=1S/C16H20N2OS/c1-3-20-16-9-5-8-15(14(16)11-17)18(2)12-6-4-7-13(19)10-12/h4-10,19H,3,11,17H2,1-2H3. The molecule has 4 heteroatoms. The van der Waals surface area contributed by atoms with Crippen LogP contribution >= 0.6 is 11.8 Å². The molecule has 0 spiro atoms. The van der Waals surface area contributed by atoms with Crippen molar-refractivity contribution in [1.29, 1.82) is 0 Å². The minimum atomic E-state index is 0.266. The van der Waals surface area contributed by atoms with E-state index in [2.05, 4.69) is 24.0 Å². The first-order valence-electron chi connectivity index (χ1n) is 6.65.